The van der Waals surface area contributed by atoms with Crippen LogP contribution in [-0.2, 0) is 4.74 Å². The van der Waals surface area contributed by atoms with Crippen LogP contribution in [0.5, 0.6) is 0 Å². The van der Waals surface area contributed by atoms with Crippen LogP contribution in [0.4, 0.5) is 4.39 Å². The highest BCUT2D eigenvalue weighted by molar-refractivity contribution is 4.91. The standard InChI is InChI=1S/C6H11FO5/c7-2-6(11)5(10)4(9)3(8)1-12-6/h3-5,8-11H,1-2H2/i7-1. The second kappa shape index (κ2) is 3.23. The van der Waals surface area contributed by atoms with Crippen molar-refractivity contribution >= 4 is 0 Å². The van der Waals surface area contributed by atoms with Gasteiger partial charge in [0.15, 0.2) is 0 Å². The normalized spacial score (nSPS) is 49.2. The van der Waals surface area contributed by atoms with Crippen LogP contribution in [0.1, 0.15) is 0 Å². The van der Waals surface area contributed by atoms with Crippen LogP contribution in [0.2, 0.25) is 0 Å². The van der Waals surface area contributed by atoms with Gasteiger partial charge in [0.2, 0.25) is 5.79 Å². The number of ether oxygens (including phenoxy) is 1. The molecule has 4 N–H and O–H groups in total. The van der Waals surface area contributed by atoms with Crippen LogP contribution in [0.3, 0.4) is 0 Å². The molecule has 0 saturated carbocycles. The van der Waals surface area contributed by atoms with Crippen molar-refractivity contribution in [2.45, 2.75) is 24.1 Å². The van der Waals surface area contributed by atoms with E-state index in [-0.39, 0.29) is 0 Å². The topological polar surface area (TPSA) is 90.2 Å². The summed E-state index contributed by atoms with van der Waals surface area (Å²) in [5.41, 5.74) is 0. The second-order valence-corrected chi connectivity index (χ2v) is 2.79. The molecule has 0 spiro atoms. The average molecular weight is 181 g/mol. The van der Waals surface area contributed by atoms with E-state index in [1.807, 2.05) is 0 Å². The van der Waals surface area contributed by atoms with Crippen molar-refractivity contribution in [3.05, 3.63) is 0 Å². The SMILES string of the molecule is OC1COC(O)(C[18F])C(O)C1O. The molecule has 6 heteroatoms. The average Bonchev–Trinajstić information content (AvgIpc) is 2.09. The molecule has 0 radical (unpaired) electrons. The third-order valence-corrected chi connectivity index (χ3v) is 1.88. The van der Waals surface area contributed by atoms with Gasteiger partial charge in [0.05, 0.1) is 6.61 Å². The van der Waals surface area contributed by atoms with E-state index in [1.54, 1.807) is 0 Å². The van der Waals surface area contributed by atoms with Crippen LogP contribution in [0.15, 0.2) is 0 Å². The number of hydrogen-bond donors (Lipinski definition) is 4. The quantitative estimate of drug-likeness (QED) is 0.367. The minimum atomic E-state index is -2.39. The third kappa shape index (κ3) is 1.44. The summed E-state index contributed by atoms with van der Waals surface area (Å²) in [6.07, 6.45) is -4.71. The van der Waals surface area contributed by atoms with Gasteiger partial charge in [-0.3, -0.25) is 0 Å². The maximum absolute atomic E-state index is 12.1. The number of aliphatic hydroxyl groups excluding tert-OH is 3. The predicted octanol–water partition coefficient (Wildman–Crippen LogP) is -2.24. The summed E-state index contributed by atoms with van der Waals surface area (Å²) in [5, 5.41) is 36.1. The van der Waals surface area contributed by atoms with E-state index < -0.39 is 37.4 Å². The van der Waals surface area contributed by atoms with Crippen molar-refractivity contribution in [2.24, 2.45) is 0 Å². The Morgan fingerprint density at radius 1 is 1.42 bits per heavy atom. The van der Waals surface area contributed by atoms with Gasteiger partial charge in [-0.25, -0.2) is 4.39 Å². The Morgan fingerprint density at radius 3 is 2.50 bits per heavy atom. The van der Waals surface area contributed by atoms with Gasteiger partial charge in [0, 0.05) is 0 Å². The maximum Gasteiger partial charge on any atom is 0.224 e. The van der Waals surface area contributed by atoms with Crippen molar-refractivity contribution in [1.29, 1.82) is 0 Å². The number of halogens is 1. The van der Waals surface area contributed by atoms with E-state index in [0.717, 1.165) is 0 Å². The van der Waals surface area contributed by atoms with Crippen molar-refractivity contribution < 1.29 is 29.6 Å². The van der Waals surface area contributed by atoms with E-state index in [4.69, 9.17) is 20.4 Å². The lowest BCUT2D eigenvalue weighted by atomic mass is 9.98. The van der Waals surface area contributed by atoms with E-state index >= 15 is 0 Å². The highest BCUT2D eigenvalue weighted by atomic mass is 18.2. The summed E-state index contributed by atoms with van der Waals surface area (Å²) in [6, 6.07) is 0. The van der Waals surface area contributed by atoms with Crippen LogP contribution in [0, 0.1) is 0 Å². The second-order valence-electron chi connectivity index (χ2n) is 2.79. The fourth-order valence-electron chi connectivity index (χ4n) is 1.01. The molecule has 72 valence electrons. The molecule has 1 saturated heterocycles. The Morgan fingerprint density at radius 2 is 2.00 bits per heavy atom. The molecule has 12 heavy (non-hydrogen) atoms. The summed E-state index contributed by atoms with van der Waals surface area (Å²) in [4.78, 5) is 0. The molecule has 1 rings (SSSR count). The number of rotatable bonds is 1. The fourth-order valence-corrected chi connectivity index (χ4v) is 1.01. The van der Waals surface area contributed by atoms with Crippen LogP contribution in [-0.4, -0.2) is 57.8 Å². The first-order valence-electron chi connectivity index (χ1n) is 3.48. The molecule has 1 aliphatic heterocycles. The molecule has 0 aromatic rings. The summed E-state index contributed by atoms with van der Waals surface area (Å²) in [7, 11) is 0. The van der Waals surface area contributed by atoms with Gasteiger partial charge in [-0.2, -0.15) is 0 Å². The molecule has 0 aromatic heterocycles. The van der Waals surface area contributed by atoms with E-state index in [0.29, 0.717) is 0 Å². The van der Waals surface area contributed by atoms with Crippen molar-refractivity contribution in [1.82, 2.24) is 0 Å². The van der Waals surface area contributed by atoms with Gasteiger partial charge in [0.25, 0.3) is 0 Å². The Kier molecular flexibility index (Phi) is 2.64. The largest absolute Gasteiger partial charge is 0.388 e. The minimum Gasteiger partial charge on any atom is -0.388 e. The van der Waals surface area contributed by atoms with Gasteiger partial charge in [-0.1, -0.05) is 0 Å². The van der Waals surface area contributed by atoms with Crippen molar-refractivity contribution in [3.63, 3.8) is 0 Å². The maximum atomic E-state index is 12.1. The molecule has 0 amide bonds. The van der Waals surface area contributed by atoms with Crippen molar-refractivity contribution in [2.75, 3.05) is 13.3 Å². The van der Waals surface area contributed by atoms with E-state index in [9.17, 15) is 4.39 Å². The zero-order valence-corrected chi connectivity index (χ0v) is 6.22. The lowest BCUT2D eigenvalue weighted by Crippen LogP contribution is -2.61. The molecule has 1 heterocycles. The van der Waals surface area contributed by atoms with Crippen LogP contribution < -0.4 is 0 Å². The molecule has 5 nitrogen and oxygen atoms in total. The Labute approximate surface area is 68.0 Å². The molecular formula is C6H11FO5. The third-order valence-electron chi connectivity index (χ3n) is 1.88. The van der Waals surface area contributed by atoms with Gasteiger partial charge < -0.3 is 25.2 Å². The zero-order chi connectivity index (χ0) is 9.35. The number of hydrogen-bond acceptors (Lipinski definition) is 5. The fraction of sp³-hybridized carbons (Fsp3) is 1.00. The van der Waals surface area contributed by atoms with E-state index in [2.05, 4.69) is 4.74 Å². The van der Waals surface area contributed by atoms with Crippen LogP contribution in [0.25, 0.3) is 0 Å². The summed E-state index contributed by atoms with van der Waals surface area (Å²) < 4.78 is 16.5. The molecule has 1 aliphatic rings. The Bertz CT molecular complexity index is 166. The summed E-state index contributed by atoms with van der Waals surface area (Å²) >= 11 is 0. The first-order valence-corrected chi connectivity index (χ1v) is 3.48. The predicted molar refractivity (Wildman–Crippen MR) is 34.9 cm³/mol. The highest BCUT2D eigenvalue weighted by Crippen LogP contribution is 2.23. The highest BCUT2D eigenvalue weighted by Gasteiger charge is 2.48. The molecule has 0 aromatic carbocycles. The molecule has 4 atom stereocenters. The summed E-state index contributed by atoms with van der Waals surface area (Å²) in [5.74, 6) is -2.39. The Hall–Kier alpha value is -0.270. The van der Waals surface area contributed by atoms with Gasteiger partial charge in [-0.05, 0) is 0 Å². The van der Waals surface area contributed by atoms with E-state index in [1.165, 1.54) is 0 Å². The number of alkyl halides is 1. The monoisotopic (exact) mass is 181 g/mol. The summed E-state index contributed by atoms with van der Waals surface area (Å²) in [6.45, 7) is -1.74. The Balaban J connectivity index is 2.71. The lowest BCUT2D eigenvalue weighted by Gasteiger charge is -2.39. The van der Waals surface area contributed by atoms with Crippen LogP contribution >= 0.6 is 0 Å². The smallest absolute Gasteiger partial charge is 0.224 e. The van der Waals surface area contributed by atoms with Gasteiger partial charge in [0.1, 0.15) is 25.0 Å². The zero-order valence-electron chi connectivity index (χ0n) is 6.22. The first-order chi connectivity index (χ1) is 5.51. The molecule has 0 bridgehead atoms. The molecular weight excluding hydrogens is 170 g/mol. The van der Waals surface area contributed by atoms with Gasteiger partial charge in [-0.15, -0.1) is 0 Å². The van der Waals surface area contributed by atoms with Crippen molar-refractivity contribution in [3.8, 4) is 0 Å². The molecule has 0 aliphatic carbocycles. The lowest BCUT2D eigenvalue weighted by molar-refractivity contribution is -0.325. The minimum absolute atomic E-state index is 0.404. The molecule has 4 unspecified atom stereocenters. The van der Waals surface area contributed by atoms with Gasteiger partial charge >= 0.3 is 0 Å². The first kappa shape index (κ1) is 9.82. The number of aliphatic hydroxyl groups is 4. The molecule has 1 fully saturated rings.